The molecule has 0 aliphatic carbocycles. The third-order valence-electron chi connectivity index (χ3n) is 2.99. The average molecular weight is 270 g/mol. The van der Waals surface area contributed by atoms with Crippen LogP contribution in [0.3, 0.4) is 0 Å². The van der Waals surface area contributed by atoms with Crippen molar-refractivity contribution in [3.05, 3.63) is 0 Å². The highest BCUT2D eigenvalue weighted by Crippen LogP contribution is 2.04. The summed E-state index contributed by atoms with van der Waals surface area (Å²) in [6.07, 6.45) is -0.215. The molecule has 0 atom stereocenters. The Hall–Kier alpha value is -1.46. The fraction of sp³-hybridized carbons (Fsp3) is 0.846. The summed E-state index contributed by atoms with van der Waals surface area (Å²) in [6, 6.07) is 0. The summed E-state index contributed by atoms with van der Waals surface area (Å²) in [5.74, 6) is 1.50. The number of hydrogen-bond donors (Lipinski definition) is 1. The van der Waals surface area contributed by atoms with Crippen molar-refractivity contribution < 1.29 is 9.53 Å². The second-order valence-corrected chi connectivity index (χ2v) is 4.99. The van der Waals surface area contributed by atoms with Gasteiger partial charge in [-0.1, -0.05) is 13.8 Å². The maximum Gasteiger partial charge on any atom is 0.409 e. The lowest BCUT2D eigenvalue weighted by atomic mass is 10.2. The van der Waals surface area contributed by atoms with Gasteiger partial charge in [-0.15, -0.1) is 0 Å². The Bertz CT molecular complexity index is 310. The molecule has 0 aromatic carbocycles. The fourth-order valence-electron chi connectivity index (χ4n) is 1.94. The van der Waals surface area contributed by atoms with Gasteiger partial charge in [0, 0.05) is 39.8 Å². The summed E-state index contributed by atoms with van der Waals surface area (Å²) >= 11 is 0. The zero-order chi connectivity index (χ0) is 14.3. The molecule has 1 rings (SSSR count). The molecule has 0 bridgehead atoms. The third-order valence-corrected chi connectivity index (χ3v) is 2.99. The summed E-state index contributed by atoms with van der Waals surface area (Å²) in [7, 11) is 1.79. The number of aliphatic imine (C=N–C) groups is 1. The number of guanidine groups is 1. The highest BCUT2D eigenvalue weighted by atomic mass is 16.6. The van der Waals surface area contributed by atoms with E-state index in [0.29, 0.717) is 25.6 Å². The van der Waals surface area contributed by atoms with Crippen molar-refractivity contribution in [1.82, 2.24) is 15.1 Å². The summed E-state index contributed by atoms with van der Waals surface area (Å²) in [4.78, 5) is 19.8. The minimum atomic E-state index is -0.215. The number of carbonyl (C=O) groups is 1. The topological polar surface area (TPSA) is 57.2 Å². The van der Waals surface area contributed by atoms with Crippen LogP contribution in [-0.4, -0.2) is 68.2 Å². The van der Waals surface area contributed by atoms with E-state index >= 15 is 0 Å². The van der Waals surface area contributed by atoms with Gasteiger partial charge >= 0.3 is 6.09 Å². The third kappa shape index (κ3) is 4.96. The van der Waals surface area contributed by atoms with Gasteiger partial charge in [-0.05, 0) is 12.8 Å². The first kappa shape index (κ1) is 15.6. The Morgan fingerprint density at radius 3 is 2.32 bits per heavy atom. The van der Waals surface area contributed by atoms with E-state index in [-0.39, 0.29) is 6.09 Å². The molecular formula is C13H26N4O2. The summed E-state index contributed by atoms with van der Waals surface area (Å²) in [5, 5.41) is 3.35. The molecule has 0 aromatic heterocycles. The van der Waals surface area contributed by atoms with Gasteiger partial charge in [-0.25, -0.2) is 4.79 Å². The summed E-state index contributed by atoms with van der Waals surface area (Å²) in [5.41, 5.74) is 0. The lowest BCUT2D eigenvalue weighted by Crippen LogP contribution is -2.54. The van der Waals surface area contributed by atoms with Crippen LogP contribution in [0.15, 0.2) is 4.99 Å². The second kappa shape index (κ2) is 7.86. The average Bonchev–Trinajstić information content (AvgIpc) is 2.40. The van der Waals surface area contributed by atoms with E-state index in [2.05, 4.69) is 29.1 Å². The molecule has 0 saturated carbocycles. The number of carbonyl (C=O) groups excluding carboxylic acids is 1. The predicted octanol–water partition coefficient (Wildman–Crippen LogP) is 0.992. The van der Waals surface area contributed by atoms with Gasteiger partial charge in [0.1, 0.15) is 0 Å². The molecule has 0 unspecified atom stereocenters. The predicted molar refractivity (Wildman–Crippen MR) is 76.4 cm³/mol. The Morgan fingerprint density at radius 1 is 1.26 bits per heavy atom. The Kier molecular flexibility index (Phi) is 6.45. The zero-order valence-corrected chi connectivity index (χ0v) is 12.5. The van der Waals surface area contributed by atoms with E-state index in [1.54, 1.807) is 11.9 Å². The molecule has 1 aliphatic rings. The lowest BCUT2D eigenvalue weighted by molar-refractivity contribution is 0.0914. The maximum absolute atomic E-state index is 11.6. The van der Waals surface area contributed by atoms with Crippen molar-refractivity contribution in [2.24, 2.45) is 10.9 Å². The Morgan fingerprint density at radius 2 is 1.84 bits per heavy atom. The number of ether oxygens (including phenoxy) is 1. The van der Waals surface area contributed by atoms with Crippen LogP contribution in [0.4, 0.5) is 4.79 Å². The number of nitrogens with one attached hydrogen (secondary N) is 1. The van der Waals surface area contributed by atoms with Crippen molar-refractivity contribution >= 4 is 12.1 Å². The second-order valence-electron chi connectivity index (χ2n) is 4.99. The first-order valence-corrected chi connectivity index (χ1v) is 6.95. The van der Waals surface area contributed by atoms with E-state index < -0.39 is 0 Å². The molecule has 1 N–H and O–H groups in total. The molecule has 0 aromatic rings. The van der Waals surface area contributed by atoms with Crippen LogP contribution in [0, 0.1) is 5.92 Å². The number of rotatable bonds is 3. The van der Waals surface area contributed by atoms with Crippen LogP contribution < -0.4 is 5.32 Å². The molecule has 1 heterocycles. The molecule has 6 nitrogen and oxygen atoms in total. The molecule has 0 spiro atoms. The van der Waals surface area contributed by atoms with E-state index in [9.17, 15) is 4.79 Å². The summed E-state index contributed by atoms with van der Waals surface area (Å²) < 4.78 is 5.00. The van der Waals surface area contributed by atoms with Crippen molar-refractivity contribution in [2.75, 3.05) is 46.4 Å². The first-order chi connectivity index (χ1) is 9.08. The van der Waals surface area contributed by atoms with Crippen LogP contribution >= 0.6 is 0 Å². The van der Waals surface area contributed by atoms with E-state index in [1.807, 2.05) is 6.92 Å². The Balaban J connectivity index is 2.41. The van der Waals surface area contributed by atoms with Crippen LogP contribution in [-0.2, 0) is 4.74 Å². The van der Waals surface area contributed by atoms with E-state index in [4.69, 9.17) is 4.74 Å². The largest absolute Gasteiger partial charge is 0.450 e. The smallest absolute Gasteiger partial charge is 0.409 e. The van der Waals surface area contributed by atoms with Gasteiger partial charge in [-0.2, -0.15) is 0 Å². The molecule has 1 aliphatic heterocycles. The van der Waals surface area contributed by atoms with Gasteiger partial charge in [0.05, 0.1) is 6.61 Å². The molecule has 6 heteroatoms. The molecule has 0 radical (unpaired) electrons. The monoisotopic (exact) mass is 270 g/mol. The lowest BCUT2D eigenvalue weighted by Gasteiger charge is -2.36. The van der Waals surface area contributed by atoms with Crippen molar-refractivity contribution in [3.8, 4) is 0 Å². The minimum absolute atomic E-state index is 0.215. The summed E-state index contributed by atoms with van der Waals surface area (Å²) in [6.45, 7) is 10.4. The molecule has 19 heavy (non-hydrogen) atoms. The van der Waals surface area contributed by atoms with Crippen LogP contribution in [0.5, 0.6) is 0 Å². The SMILES string of the molecule is CCOC(=O)N1CCN(C(=NC)NCC(C)C)CC1. The highest BCUT2D eigenvalue weighted by molar-refractivity contribution is 5.80. The number of piperazine rings is 1. The minimum Gasteiger partial charge on any atom is -0.450 e. The highest BCUT2D eigenvalue weighted by Gasteiger charge is 2.23. The molecule has 1 fully saturated rings. The number of nitrogens with zero attached hydrogens (tertiary/aromatic N) is 3. The van der Waals surface area contributed by atoms with Crippen LogP contribution in [0.2, 0.25) is 0 Å². The molecular weight excluding hydrogens is 244 g/mol. The fourth-order valence-corrected chi connectivity index (χ4v) is 1.94. The van der Waals surface area contributed by atoms with Gasteiger partial charge in [0.25, 0.3) is 0 Å². The Labute approximate surface area is 115 Å². The molecule has 1 amide bonds. The van der Waals surface area contributed by atoms with E-state index in [1.165, 1.54) is 0 Å². The first-order valence-electron chi connectivity index (χ1n) is 6.95. The molecule has 1 saturated heterocycles. The van der Waals surface area contributed by atoms with Gasteiger partial charge in [0.2, 0.25) is 0 Å². The van der Waals surface area contributed by atoms with Crippen LogP contribution in [0.1, 0.15) is 20.8 Å². The van der Waals surface area contributed by atoms with Gasteiger partial charge in [-0.3, -0.25) is 4.99 Å². The standard InChI is InChI=1S/C13H26N4O2/c1-5-19-13(18)17-8-6-16(7-9-17)12(14-4)15-10-11(2)3/h11H,5-10H2,1-4H3,(H,14,15). The van der Waals surface area contributed by atoms with Crippen molar-refractivity contribution in [1.29, 1.82) is 0 Å². The maximum atomic E-state index is 11.6. The molecule has 110 valence electrons. The van der Waals surface area contributed by atoms with Gasteiger partial charge < -0.3 is 19.9 Å². The zero-order valence-electron chi connectivity index (χ0n) is 12.5. The van der Waals surface area contributed by atoms with Crippen molar-refractivity contribution in [2.45, 2.75) is 20.8 Å². The quantitative estimate of drug-likeness (QED) is 0.614. The van der Waals surface area contributed by atoms with Crippen LogP contribution in [0.25, 0.3) is 0 Å². The van der Waals surface area contributed by atoms with Gasteiger partial charge in [0.15, 0.2) is 5.96 Å². The van der Waals surface area contributed by atoms with E-state index in [0.717, 1.165) is 25.6 Å². The number of amides is 1. The number of hydrogen-bond acceptors (Lipinski definition) is 3. The normalized spacial score (nSPS) is 16.8. The van der Waals surface area contributed by atoms with Crippen molar-refractivity contribution in [3.63, 3.8) is 0 Å².